The van der Waals surface area contributed by atoms with E-state index in [1.54, 1.807) is 6.92 Å². The van der Waals surface area contributed by atoms with Gasteiger partial charge in [0.15, 0.2) is 0 Å². The van der Waals surface area contributed by atoms with Crippen molar-refractivity contribution in [3.63, 3.8) is 0 Å². The topological polar surface area (TPSA) is 74.8 Å². The van der Waals surface area contributed by atoms with Crippen molar-refractivity contribution in [1.29, 1.82) is 0 Å². The summed E-state index contributed by atoms with van der Waals surface area (Å²) in [6, 6.07) is 5.20. The second-order valence-electron chi connectivity index (χ2n) is 3.49. The molecule has 0 radical (unpaired) electrons. The van der Waals surface area contributed by atoms with Crippen LogP contribution in [0.15, 0.2) is 35.4 Å². The van der Waals surface area contributed by atoms with Crippen LogP contribution in [0.3, 0.4) is 0 Å². The van der Waals surface area contributed by atoms with Crippen molar-refractivity contribution in [2.45, 2.75) is 11.8 Å². The molecule has 0 bridgehead atoms. The first-order valence-corrected chi connectivity index (χ1v) is 6.26. The summed E-state index contributed by atoms with van der Waals surface area (Å²) in [5.74, 6) is -0.330. The van der Waals surface area contributed by atoms with Gasteiger partial charge >= 0.3 is 0 Å². The monoisotopic (exact) mass is 255 g/mol. The van der Waals surface area contributed by atoms with Crippen molar-refractivity contribution in [2.75, 3.05) is 4.72 Å². The molecule has 2 N–H and O–H groups in total. The predicted octanol–water partition coefficient (Wildman–Crippen LogP) is 1.66. The Bertz CT molecular complexity index is 623. The molecule has 0 aliphatic carbocycles. The summed E-state index contributed by atoms with van der Waals surface area (Å²) in [5.41, 5.74) is 0.394. The van der Waals surface area contributed by atoms with Gasteiger partial charge in [0.2, 0.25) is 0 Å². The van der Waals surface area contributed by atoms with Crippen LogP contribution in [-0.4, -0.2) is 18.6 Å². The van der Waals surface area contributed by atoms with Gasteiger partial charge in [0.1, 0.15) is 11.6 Å². The van der Waals surface area contributed by atoms with E-state index in [1.165, 1.54) is 24.4 Å². The lowest BCUT2D eigenvalue weighted by Crippen LogP contribution is -2.13. The Morgan fingerprint density at radius 2 is 2.12 bits per heavy atom. The van der Waals surface area contributed by atoms with Gasteiger partial charge in [0.05, 0.1) is 11.1 Å². The first-order valence-electron chi connectivity index (χ1n) is 4.77. The highest BCUT2D eigenvalue weighted by Crippen LogP contribution is 2.16. The van der Waals surface area contributed by atoms with E-state index in [9.17, 15) is 12.8 Å². The summed E-state index contributed by atoms with van der Waals surface area (Å²) in [5, 5.41) is 6.06. The van der Waals surface area contributed by atoms with Crippen LogP contribution in [0.2, 0.25) is 0 Å². The number of nitrogens with zero attached hydrogens (tertiary/aromatic N) is 1. The molecule has 90 valence electrons. The van der Waals surface area contributed by atoms with Crippen LogP contribution in [0.5, 0.6) is 0 Å². The number of aromatic nitrogens is 2. The highest BCUT2D eigenvalue weighted by Gasteiger charge is 2.16. The predicted molar refractivity (Wildman–Crippen MR) is 60.5 cm³/mol. The lowest BCUT2D eigenvalue weighted by molar-refractivity contribution is 0.593. The zero-order chi connectivity index (χ0) is 12.5. The lowest BCUT2D eigenvalue weighted by atomic mass is 10.2. The Morgan fingerprint density at radius 1 is 1.35 bits per heavy atom. The van der Waals surface area contributed by atoms with Crippen molar-refractivity contribution in [1.82, 2.24) is 10.2 Å². The van der Waals surface area contributed by atoms with E-state index < -0.39 is 15.8 Å². The third-order valence-corrected chi connectivity index (χ3v) is 3.56. The minimum Gasteiger partial charge on any atom is -0.264 e. The van der Waals surface area contributed by atoms with Crippen molar-refractivity contribution in [3.8, 4) is 0 Å². The Hall–Kier alpha value is -1.89. The zero-order valence-corrected chi connectivity index (χ0v) is 9.75. The Balaban J connectivity index is 2.35. The number of aromatic amines is 1. The van der Waals surface area contributed by atoms with E-state index >= 15 is 0 Å². The second-order valence-corrected chi connectivity index (χ2v) is 5.17. The Kier molecular flexibility index (Phi) is 2.84. The number of aryl methyl sites for hydroxylation is 1. The van der Waals surface area contributed by atoms with E-state index in [1.807, 2.05) is 0 Å². The highest BCUT2D eigenvalue weighted by atomic mass is 32.2. The molecule has 5 nitrogen and oxygen atoms in total. The summed E-state index contributed by atoms with van der Waals surface area (Å²) in [4.78, 5) is -0.129. The smallest absolute Gasteiger partial charge is 0.263 e. The van der Waals surface area contributed by atoms with Crippen molar-refractivity contribution < 1.29 is 12.8 Å². The van der Waals surface area contributed by atoms with Gasteiger partial charge in [-0.25, -0.2) is 12.8 Å². The molecule has 0 spiro atoms. The van der Waals surface area contributed by atoms with Crippen LogP contribution in [-0.2, 0) is 10.0 Å². The van der Waals surface area contributed by atoms with E-state index in [0.717, 1.165) is 6.07 Å². The number of halogens is 1. The highest BCUT2D eigenvalue weighted by molar-refractivity contribution is 7.92. The summed E-state index contributed by atoms with van der Waals surface area (Å²) < 4.78 is 39.2. The van der Waals surface area contributed by atoms with Crippen LogP contribution >= 0.6 is 0 Å². The molecule has 0 atom stereocenters. The molecular weight excluding hydrogens is 245 g/mol. The Labute approximate surface area is 97.7 Å². The van der Waals surface area contributed by atoms with Crippen LogP contribution < -0.4 is 4.72 Å². The fourth-order valence-corrected chi connectivity index (χ4v) is 2.28. The average molecular weight is 255 g/mol. The van der Waals surface area contributed by atoms with E-state index in [2.05, 4.69) is 14.9 Å². The molecule has 2 rings (SSSR count). The number of hydrogen-bond donors (Lipinski definition) is 2. The van der Waals surface area contributed by atoms with Gasteiger partial charge in [-0.3, -0.25) is 9.82 Å². The van der Waals surface area contributed by atoms with Crippen molar-refractivity contribution in [3.05, 3.63) is 41.8 Å². The van der Waals surface area contributed by atoms with Crippen LogP contribution in [0.4, 0.5) is 10.2 Å². The molecule has 0 saturated heterocycles. The zero-order valence-electron chi connectivity index (χ0n) is 8.94. The van der Waals surface area contributed by atoms with E-state index in [-0.39, 0.29) is 10.7 Å². The number of H-pyrrole nitrogens is 1. The molecular formula is C10H10FN3O2S. The third kappa shape index (κ3) is 2.44. The molecule has 0 amide bonds. The molecule has 0 saturated carbocycles. The number of hydrogen-bond acceptors (Lipinski definition) is 3. The van der Waals surface area contributed by atoms with Crippen molar-refractivity contribution in [2.24, 2.45) is 0 Å². The molecule has 1 aromatic heterocycles. The van der Waals surface area contributed by atoms with Crippen LogP contribution in [0.1, 0.15) is 5.56 Å². The van der Waals surface area contributed by atoms with Crippen LogP contribution in [0.25, 0.3) is 0 Å². The first kappa shape index (κ1) is 11.6. The molecule has 0 fully saturated rings. The second kappa shape index (κ2) is 4.17. The van der Waals surface area contributed by atoms with Gasteiger partial charge in [-0.2, -0.15) is 5.10 Å². The number of anilines is 1. The lowest BCUT2D eigenvalue weighted by Gasteiger charge is -2.06. The molecule has 0 aliphatic rings. The number of rotatable bonds is 3. The first-order chi connectivity index (χ1) is 7.99. The third-order valence-electron chi connectivity index (χ3n) is 2.20. The number of benzene rings is 1. The minimum absolute atomic E-state index is 0.129. The molecule has 1 aromatic carbocycles. The normalized spacial score (nSPS) is 11.4. The Morgan fingerprint density at radius 3 is 2.71 bits per heavy atom. The fraction of sp³-hybridized carbons (Fsp3) is 0.100. The largest absolute Gasteiger partial charge is 0.264 e. The maximum atomic E-state index is 13.3. The summed E-state index contributed by atoms with van der Waals surface area (Å²) in [7, 11) is -3.78. The minimum atomic E-state index is -3.78. The van der Waals surface area contributed by atoms with Gasteiger partial charge in [-0.15, -0.1) is 0 Å². The summed E-state index contributed by atoms with van der Waals surface area (Å²) in [6.07, 6.45) is 1.41. The van der Waals surface area contributed by atoms with E-state index in [4.69, 9.17) is 0 Å². The molecule has 7 heteroatoms. The molecule has 2 aromatic rings. The quantitative estimate of drug-likeness (QED) is 0.875. The summed E-state index contributed by atoms with van der Waals surface area (Å²) in [6.45, 7) is 1.56. The van der Waals surface area contributed by atoms with Crippen molar-refractivity contribution >= 4 is 15.8 Å². The number of nitrogens with one attached hydrogen (secondary N) is 2. The maximum absolute atomic E-state index is 13.3. The van der Waals surface area contributed by atoms with Crippen LogP contribution in [0, 0.1) is 12.7 Å². The standard InChI is InChI=1S/C10H10FN3O2S/c1-7-2-3-8(6-9(7)11)17(15,16)14-10-4-5-12-13-10/h2-6H,1H3,(H2,12,13,14). The van der Waals surface area contributed by atoms with Gasteiger partial charge in [0.25, 0.3) is 10.0 Å². The molecule has 0 unspecified atom stereocenters. The van der Waals surface area contributed by atoms with Gasteiger partial charge < -0.3 is 0 Å². The fourth-order valence-electron chi connectivity index (χ4n) is 1.26. The van der Waals surface area contributed by atoms with Gasteiger partial charge in [0, 0.05) is 6.07 Å². The van der Waals surface area contributed by atoms with Gasteiger partial charge in [-0.05, 0) is 24.6 Å². The summed E-state index contributed by atoms with van der Waals surface area (Å²) >= 11 is 0. The average Bonchev–Trinajstić information content (AvgIpc) is 2.73. The van der Waals surface area contributed by atoms with Gasteiger partial charge in [-0.1, -0.05) is 6.07 Å². The molecule has 1 heterocycles. The molecule has 17 heavy (non-hydrogen) atoms. The SMILES string of the molecule is Cc1ccc(S(=O)(=O)Nc2ccn[nH]2)cc1F. The maximum Gasteiger partial charge on any atom is 0.263 e. The van der Waals surface area contributed by atoms with E-state index in [0.29, 0.717) is 5.56 Å². The molecule has 0 aliphatic heterocycles. The number of sulfonamides is 1.